The predicted molar refractivity (Wildman–Crippen MR) is 48.2 cm³/mol. The van der Waals surface area contributed by atoms with Crippen molar-refractivity contribution in [2.45, 2.75) is 13.8 Å². The Hall–Kier alpha value is -1.89. The zero-order valence-electron chi connectivity index (χ0n) is 7.44. The van der Waals surface area contributed by atoms with Gasteiger partial charge in [0, 0.05) is 11.3 Å². The van der Waals surface area contributed by atoms with Crippen molar-refractivity contribution in [3.05, 3.63) is 23.3 Å². The molecular formula is C9H8N4. The molecular weight excluding hydrogens is 164 g/mol. The van der Waals surface area contributed by atoms with Crippen LogP contribution in [0.4, 0.5) is 0 Å². The molecule has 0 bridgehead atoms. The molecule has 2 aromatic rings. The maximum Gasteiger partial charge on any atom is 0.253 e. The van der Waals surface area contributed by atoms with Gasteiger partial charge in [0.2, 0.25) is 0 Å². The fourth-order valence-electron chi connectivity index (χ4n) is 1.20. The Balaban J connectivity index is 2.98. The Morgan fingerprint density at radius 3 is 2.92 bits per heavy atom. The van der Waals surface area contributed by atoms with Crippen LogP contribution in [-0.4, -0.2) is 19.6 Å². The molecule has 0 radical (unpaired) electrons. The van der Waals surface area contributed by atoms with Gasteiger partial charge in [0.15, 0.2) is 0 Å². The van der Waals surface area contributed by atoms with E-state index in [0.29, 0.717) is 5.78 Å². The highest BCUT2D eigenvalue weighted by Gasteiger charge is 2.07. The second-order valence-electron chi connectivity index (χ2n) is 2.79. The van der Waals surface area contributed by atoms with Gasteiger partial charge in [0.25, 0.3) is 5.78 Å². The van der Waals surface area contributed by atoms with E-state index in [1.165, 1.54) is 6.33 Å². The van der Waals surface area contributed by atoms with E-state index in [4.69, 9.17) is 6.42 Å². The van der Waals surface area contributed by atoms with E-state index < -0.39 is 0 Å². The Kier molecular flexibility index (Phi) is 1.52. The van der Waals surface area contributed by atoms with E-state index in [-0.39, 0.29) is 0 Å². The molecule has 0 aliphatic rings. The summed E-state index contributed by atoms with van der Waals surface area (Å²) in [5, 5.41) is 3.99. The molecule has 2 aromatic heterocycles. The van der Waals surface area contributed by atoms with Gasteiger partial charge < -0.3 is 0 Å². The van der Waals surface area contributed by atoms with Crippen LogP contribution in [0.15, 0.2) is 6.33 Å². The van der Waals surface area contributed by atoms with Crippen molar-refractivity contribution in [2.24, 2.45) is 0 Å². The number of nitrogens with zero attached hydrogens (tertiary/aromatic N) is 4. The first-order valence-corrected chi connectivity index (χ1v) is 3.87. The van der Waals surface area contributed by atoms with Crippen molar-refractivity contribution < 1.29 is 0 Å². The monoisotopic (exact) mass is 172 g/mol. The molecule has 4 nitrogen and oxygen atoms in total. The lowest BCUT2D eigenvalue weighted by Gasteiger charge is -2.03. The minimum atomic E-state index is 0.552. The third kappa shape index (κ3) is 0.975. The van der Waals surface area contributed by atoms with Crippen molar-refractivity contribution in [3.63, 3.8) is 0 Å². The Morgan fingerprint density at radius 1 is 1.46 bits per heavy atom. The number of aromatic nitrogens is 4. The Labute approximate surface area is 75.6 Å². The molecule has 64 valence electrons. The Bertz CT molecular complexity index is 504. The number of terminal acetylenes is 1. The van der Waals surface area contributed by atoms with Gasteiger partial charge in [-0.15, -0.1) is 6.42 Å². The molecule has 0 unspecified atom stereocenters. The molecule has 2 rings (SSSR count). The van der Waals surface area contributed by atoms with Crippen LogP contribution in [0.25, 0.3) is 5.78 Å². The van der Waals surface area contributed by atoms with Gasteiger partial charge in [0.1, 0.15) is 12.0 Å². The van der Waals surface area contributed by atoms with Crippen LogP contribution in [0, 0.1) is 26.2 Å². The molecule has 13 heavy (non-hydrogen) atoms. The highest BCUT2D eigenvalue weighted by Crippen LogP contribution is 2.10. The van der Waals surface area contributed by atoms with Crippen LogP contribution < -0.4 is 0 Å². The lowest BCUT2D eigenvalue weighted by Crippen LogP contribution is -2.03. The van der Waals surface area contributed by atoms with Crippen molar-refractivity contribution in [1.82, 2.24) is 19.6 Å². The summed E-state index contributed by atoms with van der Waals surface area (Å²) in [7, 11) is 0. The molecule has 0 saturated carbocycles. The largest absolute Gasteiger partial charge is 0.253 e. The standard InChI is InChI=1S/C9H8N4/c1-4-8-6(2)7(3)12-9-10-5-11-13(8)9/h1,5H,2-3H3. The zero-order chi connectivity index (χ0) is 9.42. The summed E-state index contributed by atoms with van der Waals surface area (Å²) in [6.07, 6.45) is 6.82. The van der Waals surface area contributed by atoms with E-state index in [1.54, 1.807) is 4.52 Å². The number of hydrogen-bond donors (Lipinski definition) is 0. The summed E-state index contributed by atoms with van der Waals surface area (Å²) in [4.78, 5) is 8.21. The number of hydrogen-bond acceptors (Lipinski definition) is 3. The second kappa shape index (κ2) is 2.56. The highest BCUT2D eigenvalue weighted by molar-refractivity contribution is 5.42. The molecule has 2 heterocycles. The first kappa shape index (κ1) is 7.74. The third-order valence-corrected chi connectivity index (χ3v) is 2.04. The molecule has 0 atom stereocenters. The molecule has 0 amide bonds. The van der Waals surface area contributed by atoms with Gasteiger partial charge in [0.05, 0.1) is 0 Å². The topological polar surface area (TPSA) is 43.1 Å². The summed E-state index contributed by atoms with van der Waals surface area (Å²) in [5.41, 5.74) is 2.59. The van der Waals surface area contributed by atoms with E-state index in [0.717, 1.165) is 17.0 Å². The third-order valence-electron chi connectivity index (χ3n) is 2.04. The maximum atomic E-state index is 5.38. The van der Waals surface area contributed by atoms with Gasteiger partial charge in [-0.3, -0.25) is 0 Å². The van der Waals surface area contributed by atoms with Crippen LogP contribution in [0.1, 0.15) is 17.0 Å². The quantitative estimate of drug-likeness (QED) is 0.550. The fourth-order valence-corrected chi connectivity index (χ4v) is 1.20. The summed E-state index contributed by atoms with van der Waals surface area (Å²) in [6.45, 7) is 3.84. The molecule has 0 spiro atoms. The van der Waals surface area contributed by atoms with Crippen LogP contribution >= 0.6 is 0 Å². The normalized spacial score (nSPS) is 10.2. The lowest BCUT2D eigenvalue weighted by atomic mass is 10.2. The molecule has 0 fully saturated rings. The van der Waals surface area contributed by atoms with E-state index in [2.05, 4.69) is 21.0 Å². The molecule has 4 heteroatoms. The van der Waals surface area contributed by atoms with Crippen LogP contribution in [0.2, 0.25) is 0 Å². The first-order valence-electron chi connectivity index (χ1n) is 3.87. The average molecular weight is 172 g/mol. The van der Waals surface area contributed by atoms with Gasteiger partial charge in [-0.1, -0.05) is 0 Å². The van der Waals surface area contributed by atoms with Crippen molar-refractivity contribution in [3.8, 4) is 12.3 Å². The minimum Gasteiger partial charge on any atom is -0.216 e. The highest BCUT2D eigenvalue weighted by atomic mass is 15.3. The number of aryl methyl sites for hydroxylation is 1. The number of rotatable bonds is 0. The summed E-state index contributed by atoms with van der Waals surface area (Å²) < 4.78 is 1.57. The van der Waals surface area contributed by atoms with Crippen molar-refractivity contribution in [2.75, 3.05) is 0 Å². The summed E-state index contributed by atoms with van der Waals surface area (Å²) in [5.74, 6) is 3.14. The summed E-state index contributed by atoms with van der Waals surface area (Å²) >= 11 is 0. The fraction of sp³-hybridized carbons (Fsp3) is 0.222. The van der Waals surface area contributed by atoms with Gasteiger partial charge in [-0.05, 0) is 19.8 Å². The van der Waals surface area contributed by atoms with Crippen LogP contribution in [0.3, 0.4) is 0 Å². The SMILES string of the molecule is C#Cc1c(C)c(C)nc2ncnn12. The molecule has 0 aliphatic carbocycles. The molecule has 0 aromatic carbocycles. The van der Waals surface area contributed by atoms with Crippen LogP contribution in [-0.2, 0) is 0 Å². The average Bonchev–Trinajstić information content (AvgIpc) is 2.54. The molecule has 0 aliphatic heterocycles. The lowest BCUT2D eigenvalue weighted by molar-refractivity contribution is 0.898. The molecule has 0 saturated heterocycles. The second-order valence-corrected chi connectivity index (χ2v) is 2.79. The Morgan fingerprint density at radius 2 is 2.23 bits per heavy atom. The van der Waals surface area contributed by atoms with Gasteiger partial charge in [-0.25, -0.2) is 4.98 Å². The van der Waals surface area contributed by atoms with E-state index >= 15 is 0 Å². The molecule has 0 N–H and O–H groups in total. The van der Waals surface area contributed by atoms with Crippen LogP contribution in [0.5, 0.6) is 0 Å². The van der Waals surface area contributed by atoms with Crippen molar-refractivity contribution in [1.29, 1.82) is 0 Å². The van der Waals surface area contributed by atoms with Gasteiger partial charge in [-0.2, -0.15) is 14.6 Å². The summed E-state index contributed by atoms with van der Waals surface area (Å²) in [6, 6.07) is 0. The minimum absolute atomic E-state index is 0.552. The van der Waals surface area contributed by atoms with Gasteiger partial charge >= 0.3 is 0 Å². The van der Waals surface area contributed by atoms with E-state index in [1.807, 2.05) is 13.8 Å². The smallest absolute Gasteiger partial charge is 0.216 e. The van der Waals surface area contributed by atoms with Crippen molar-refractivity contribution >= 4 is 5.78 Å². The zero-order valence-corrected chi connectivity index (χ0v) is 7.44. The van der Waals surface area contributed by atoms with E-state index in [9.17, 15) is 0 Å². The first-order chi connectivity index (χ1) is 6.24. The maximum absolute atomic E-state index is 5.38. The predicted octanol–water partition coefficient (Wildman–Crippen LogP) is 0.722. The number of fused-ring (bicyclic) bond motifs is 1.